The summed E-state index contributed by atoms with van der Waals surface area (Å²) in [7, 11) is 0. The Morgan fingerprint density at radius 2 is 1.80 bits per heavy atom. The molecule has 1 unspecified atom stereocenters. The van der Waals surface area contributed by atoms with Crippen LogP contribution in [0.2, 0.25) is 0 Å². The Kier molecular flexibility index (Phi) is 3.48. The van der Waals surface area contributed by atoms with Crippen molar-refractivity contribution in [2.24, 2.45) is 5.73 Å². The van der Waals surface area contributed by atoms with E-state index in [1.165, 1.54) is 21.9 Å². The Morgan fingerprint density at radius 3 is 2.65 bits per heavy atom. The van der Waals surface area contributed by atoms with Crippen molar-refractivity contribution >= 4 is 10.8 Å². The highest BCUT2D eigenvalue weighted by atomic mass is 14.7. The van der Waals surface area contributed by atoms with E-state index in [1.807, 2.05) is 12.3 Å². The average Bonchev–Trinajstić information content (AvgIpc) is 2.49. The molecule has 1 heterocycles. The summed E-state index contributed by atoms with van der Waals surface area (Å²) in [6.07, 6.45) is 2.60. The number of rotatable bonds is 3. The first-order valence-electron chi connectivity index (χ1n) is 6.89. The summed E-state index contributed by atoms with van der Waals surface area (Å²) in [6.45, 7) is 2.08. The lowest BCUT2D eigenvalue weighted by Crippen LogP contribution is -2.15. The Labute approximate surface area is 119 Å². The molecule has 2 nitrogen and oxygen atoms in total. The molecule has 1 aromatic heterocycles. The van der Waals surface area contributed by atoms with E-state index >= 15 is 0 Å². The average molecular weight is 262 g/mol. The molecule has 1 atom stereocenters. The van der Waals surface area contributed by atoms with Gasteiger partial charge in [0.1, 0.15) is 0 Å². The molecule has 0 radical (unpaired) electrons. The Balaban J connectivity index is 1.97. The summed E-state index contributed by atoms with van der Waals surface area (Å²) in [5.41, 5.74) is 9.88. The highest BCUT2D eigenvalue weighted by molar-refractivity contribution is 5.86. The molecule has 0 aliphatic carbocycles. The predicted molar refractivity (Wildman–Crippen MR) is 83.6 cm³/mol. The van der Waals surface area contributed by atoms with Crippen molar-refractivity contribution in [3.8, 4) is 0 Å². The highest BCUT2D eigenvalue weighted by Gasteiger charge is 2.12. The fraction of sp³-hybridized carbons (Fsp3) is 0.167. The minimum absolute atomic E-state index is 0.0327. The van der Waals surface area contributed by atoms with Crippen LogP contribution in [0.25, 0.3) is 10.8 Å². The summed E-state index contributed by atoms with van der Waals surface area (Å²) in [5, 5.41) is 2.47. The van der Waals surface area contributed by atoms with Crippen molar-refractivity contribution in [3.05, 3.63) is 77.6 Å². The molecule has 0 saturated heterocycles. The fourth-order valence-electron chi connectivity index (χ4n) is 2.62. The van der Waals surface area contributed by atoms with Crippen LogP contribution in [0.4, 0.5) is 0 Å². The molecule has 0 amide bonds. The number of hydrogen-bond acceptors (Lipinski definition) is 2. The van der Waals surface area contributed by atoms with E-state index in [0.717, 1.165) is 12.1 Å². The number of nitrogens with zero attached hydrogens (tertiary/aromatic N) is 1. The summed E-state index contributed by atoms with van der Waals surface area (Å²) in [4.78, 5) is 4.44. The summed E-state index contributed by atoms with van der Waals surface area (Å²) in [5.74, 6) is 0. The molecule has 0 aliphatic rings. The molecule has 3 rings (SSSR count). The lowest BCUT2D eigenvalue weighted by molar-refractivity contribution is 0.708. The molecule has 0 spiro atoms. The minimum Gasteiger partial charge on any atom is -0.324 e. The predicted octanol–water partition coefficient (Wildman–Crippen LogP) is 3.79. The lowest BCUT2D eigenvalue weighted by atomic mass is 9.95. The second kappa shape index (κ2) is 5.43. The van der Waals surface area contributed by atoms with Gasteiger partial charge in [-0.1, -0.05) is 48.5 Å². The molecular formula is C18H18N2. The van der Waals surface area contributed by atoms with Crippen LogP contribution >= 0.6 is 0 Å². The topological polar surface area (TPSA) is 38.9 Å². The zero-order chi connectivity index (χ0) is 13.9. The SMILES string of the molecule is Cc1cccnc1CC(N)c1cccc2ccccc12. The zero-order valence-electron chi connectivity index (χ0n) is 11.6. The van der Waals surface area contributed by atoms with E-state index in [9.17, 15) is 0 Å². The fourth-order valence-corrected chi connectivity index (χ4v) is 2.62. The van der Waals surface area contributed by atoms with Crippen molar-refractivity contribution in [1.82, 2.24) is 4.98 Å². The second-order valence-electron chi connectivity index (χ2n) is 5.15. The van der Waals surface area contributed by atoms with Crippen molar-refractivity contribution in [1.29, 1.82) is 0 Å². The molecular weight excluding hydrogens is 244 g/mol. The van der Waals surface area contributed by atoms with Gasteiger partial charge in [0.25, 0.3) is 0 Å². The highest BCUT2D eigenvalue weighted by Crippen LogP contribution is 2.25. The molecule has 2 heteroatoms. The van der Waals surface area contributed by atoms with Crippen molar-refractivity contribution in [2.45, 2.75) is 19.4 Å². The largest absolute Gasteiger partial charge is 0.324 e. The number of nitrogens with two attached hydrogens (primary N) is 1. The number of aromatic nitrogens is 1. The number of fused-ring (bicyclic) bond motifs is 1. The van der Waals surface area contributed by atoms with Crippen LogP contribution < -0.4 is 5.73 Å². The van der Waals surface area contributed by atoms with E-state index in [4.69, 9.17) is 5.73 Å². The third-order valence-electron chi connectivity index (χ3n) is 3.75. The van der Waals surface area contributed by atoms with Crippen molar-refractivity contribution in [3.63, 3.8) is 0 Å². The molecule has 2 N–H and O–H groups in total. The molecule has 2 aromatic carbocycles. The smallest absolute Gasteiger partial charge is 0.0451 e. The summed E-state index contributed by atoms with van der Waals surface area (Å²) in [6, 6.07) is 18.7. The van der Waals surface area contributed by atoms with Gasteiger partial charge in [-0.2, -0.15) is 0 Å². The first-order valence-corrected chi connectivity index (χ1v) is 6.89. The van der Waals surface area contributed by atoms with Gasteiger partial charge in [0.05, 0.1) is 0 Å². The maximum absolute atomic E-state index is 6.42. The van der Waals surface area contributed by atoms with E-state index in [2.05, 4.69) is 60.4 Å². The number of benzene rings is 2. The van der Waals surface area contributed by atoms with Gasteiger partial charge in [0.15, 0.2) is 0 Å². The van der Waals surface area contributed by atoms with E-state index < -0.39 is 0 Å². The lowest BCUT2D eigenvalue weighted by Gasteiger charge is -2.15. The Bertz CT molecular complexity index is 729. The van der Waals surface area contributed by atoms with Crippen LogP contribution in [0.15, 0.2) is 60.8 Å². The van der Waals surface area contributed by atoms with Crippen LogP contribution in [-0.2, 0) is 6.42 Å². The van der Waals surface area contributed by atoms with Crippen molar-refractivity contribution < 1.29 is 0 Å². The molecule has 3 aromatic rings. The van der Waals surface area contributed by atoms with Crippen LogP contribution in [-0.4, -0.2) is 4.98 Å². The maximum atomic E-state index is 6.42. The number of hydrogen-bond donors (Lipinski definition) is 1. The van der Waals surface area contributed by atoms with Crippen LogP contribution in [0.5, 0.6) is 0 Å². The van der Waals surface area contributed by atoms with Gasteiger partial charge in [-0.25, -0.2) is 0 Å². The number of aryl methyl sites for hydroxylation is 1. The first-order chi connectivity index (χ1) is 9.75. The zero-order valence-corrected chi connectivity index (χ0v) is 11.6. The van der Waals surface area contributed by atoms with Crippen LogP contribution in [0, 0.1) is 6.92 Å². The van der Waals surface area contributed by atoms with Gasteiger partial charge in [-0.05, 0) is 34.9 Å². The van der Waals surface area contributed by atoms with Gasteiger partial charge in [-0.3, -0.25) is 4.98 Å². The first kappa shape index (κ1) is 12.8. The molecule has 0 fully saturated rings. The minimum atomic E-state index is -0.0327. The molecule has 0 aliphatic heterocycles. The third kappa shape index (κ3) is 2.43. The van der Waals surface area contributed by atoms with E-state index in [1.54, 1.807) is 0 Å². The summed E-state index contributed by atoms with van der Waals surface area (Å²) >= 11 is 0. The molecule has 100 valence electrons. The standard InChI is InChI=1S/C18H18N2/c1-13-6-5-11-20-18(13)12-17(19)16-10-4-8-14-7-2-3-9-15(14)16/h2-11,17H,12,19H2,1H3. The Morgan fingerprint density at radius 1 is 1.00 bits per heavy atom. The molecule has 0 bridgehead atoms. The monoisotopic (exact) mass is 262 g/mol. The van der Waals surface area contributed by atoms with E-state index in [0.29, 0.717) is 0 Å². The van der Waals surface area contributed by atoms with Gasteiger partial charge in [0.2, 0.25) is 0 Å². The maximum Gasteiger partial charge on any atom is 0.0451 e. The molecule has 0 saturated carbocycles. The van der Waals surface area contributed by atoms with Gasteiger partial charge < -0.3 is 5.73 Å². The van der Waals surface area contributed by atoms with E-state index in [-0.39, 0.29) is 6.04 Å². The van der Waals surface area contributed by atoms with Gasteiger partial charge in [-0.15, -0.1) is 0 Å². The summed E-state index contributed by atoms with van der Waals surface area (Å²) < 4.78 is 0. The van der Waals surface area contributed by atoms with Crippen LogP contribution in [0.3, 0.4) is 0 Å². The second-order valence-corrected chi connectivity index (χ2v) is 5.15. The normalized spacial score (nSPS) is 12.5. The third-order valence-corrected chi connectivity index (χ3v) is 3.75. The number of pyridine rings is 1. The molecule has 20 heavy (non-hydrogen) atoms. The van der Waals surface area contributed by atoms with Gasteiger partial charge >= 0.3 is 0 Å². The van der Waals surface area contributed by atoms with Crippen LogP contribution in [0.1, 0.15) is 22.9 Å². The van der Waals surface area contributed by atoms with Gasteiger partial charge in [0, 0.05) is 24.4 Å². The van der Waals surface area contributed by atoms with Crippen molar-refractivity contribution in [2.75, 3.05) is 0 Å². The quantitative estimate of drug-likeness (QED) is 0.780. The Hall–Kier alpha value is -2.19.